The monoisotopic (exact) mass is 232 g/mol. The smallest absolute Gasteiger partial charge is 0.123 e. The summed E-state index contributed by atoms with van der Waals surface area (Å²) in [6.07, 6.45) is 0.559. The molecule has 0 unspecified atom stereocenters. The molecule has 1 rings (SSSR count). The van der Waals surface area contributed by atoms with Crippen LogP contribution in [0.2, 0.25) is 0 Å². The first kappa shape index (κ1) is 13.5. The molecule has 0 heterocycles. The van der Waals surface area contributed by atoms with Gasteiger partial charge in [-0.1, -0.05) is 6.07 Å². The van der Waals surface area contributed by atoms with Crippen molar-refractivity contribution in [2.45, 2.75) is 26.8 Å². The zero-order valence-corrected chi connectivity index (χ0v) is 11.1. The van der Waals surface area contributed by atoms with Crippen LogP contribution in [0.15, 0.2) is 12.1 Å². The number of nitrogens with zero attached hydrogens (tertiary/aromatic N) is 2. The fourth-order valence-electron chi connectivity index (χ4n) is 1.93. The number of aryl methyl sites for hydroxylation is 2. The average Bonchev–Trinajstić information content (AvgIpc) is 2.29. The van der Waals surface area contributed by atoms with E-state index in [1.54, 1.807) is 7.11 Å². The maximum absolute atomic E-state index is 8.57. The molecule has 0 atom stereocenters. The van der Waals surface area contributed by atoms with Crippen LogP contribution in [-0.2, 0) is 6.54 Å². The van der Waals surface area contributed by atoms with Crippen molar-refractivity contribution in [3.8, 4) is 11.8 Å². The van der Waals surface area contributed by atoms with E-state index < -0.39 is 0 Å². The molecule has 0 aliphatic heterocycles. The van der Waals surface area contributed by atoms with Gasteiger partial charge >= 0.3 is 0 Å². The third-order valence-electron chi connectivity index (χ3n) is 2.83. The lowest BCUT2D eigenvalue weighted by Crippen LogP contribution is -2.19. The largest absolute Gasteiger partial charge is 0.496 e. The molecule has 0 saturated carbocycles. The van der Waals surface area contributed by atoms with Crippen LogP contribution >= 0.6 is 0 Å². The molecule has 92 valence electrons. The van der Waals surface area contributed by atoms with Crippen LogP contribution in [0.5, 0.6) is 5.75 Å². The Labute approximate surface area is 104 Å². The molecule has 0 amide bonds. The van der Waals surface area contributed by atoms with Gasteiger partial charge in [-0.2, -0.15) is 5.26 Å². The summed E-state index contributed by atoms with van der Waals surface area (Å²) in [5, 5.41) is 8.57. The fraction of sp³-hybridized carbons (Fsp3) is 0.500. The lowest BCUT2D eigenvalue weighted by molar-refractivity contribution is 0.323. The predicted octanol–water partition coefficient (Wildman–Crippen LogP) is 2.66. The number of methoxy groups -OCH3 is 1. The van der Waals surface area contributed by atoms with Crippen molar-refractivity contribution in [1.29, 1.82) is 5.26 Å². The number of benzene rings is 1. The molecule has 0 spiro atoms. The van der Waals surface area contributed by atoms with Crippen molar-refractivity contribution >= 4 is 0 Å². The minimum absolute atomic E-state index is 0.559. The van der Waals surface area contributed by atoms with Crippen molar-refractivity contribution in [2.24, 2.45) is 0 Å². The fourth-order valence-corrected chi connectivity index (χ4v) is 1.93. The predicted molar refractivity (Wildman–Crippen MR) is 69.0 cm³/mol. The van der Waals surface area contributed by atoms with Gasteiger partial charge in [-0.25, -0.2) is 0 Å². The number of rotatable bonds is 5. The standard InChI is InChI=1S/C14H20N2O/c1-11-8-12(2)13(14(9-11)17-4)10-16(3)7-5-6-15/h8-9H,5,7,10H2,1-4H3. The highest BCUT2D eigenvalue weighted by atomic mass is 16.5. The Morgan fingerprint density at radius 1 is 1.35 bits per heavy atom. The van der Waals surface area contributed by atoms with Crippen molar-refractivity contribution in [1.82, 2.24) is 4.90 Å². The van der Waals surface area contributed by atoms with Crippen LogP contribution in [0.25, 0.3) is 0 Å². The minimum Gasteiger partial charge on any atom is -0.496 e. The summed E-state index contributed by atoms with van der Waals surface area (Å²) in [4.78, 5) is 2.14. The van der Waals surface area contributed by atoms with E-state index in [0.717, 1.165) is 18.8 Å². The Morgan fingerprint density at radius 2 is 2.06 bits per heavy atom. The number of ether oxygens (including phenoxy) is 1. The molecule has 0 saturated heterocycles. The van der Waals surface area contributed by atoms with E-state index in [2.05, 4.69) is 36.9 Å². The quantitative estimate of drug-likeness (QED) is 0.783. The summed E-state index contributed by atoms with van der Waals surface area (Å²) in [6.45, 7) is 5.77. The van der Waals surface area contributed by atoms with E-state index in [1.165, 1.54) is 16.7 Å². The first-order valence-electron chi connectivity index (χ1n) is 5.78. The van der Waals surface area contributed by atoms with Gasteiger partial charge in [-0.3, -0.25) is 0 Å². The van der Waals surface area contributed by atoms with Crippen LogP contribution in [0.4, 0.5) is 0 Å². The Bertz CT molecular complexity index is 421. The topological polar surface area (TPSA) is 36.3 Å². The van der Waals surface area contributed by atoms with Crippen molar-refractivity contribution in [3.63, 3.8) is 0 Å². The molecule has 1 aromatic rings. The average molecular weight is 232 g/mol. The number of hydrogen-bond donors (Lipinski definition) is 0. The molecule has 17 heavy (non-hydrogen) atoms. The summed E-state index contributed by atoms with van der Waals surface area (Å²) in [6, 6.07) is 6.38. The third kappa shape index (κ3) is 3.76. The molecular formula is C14H20N2O. The molecule has 0 radical (unpaired) electrons. The molecule has 0 aromatic heterocycles. The second-order valence-electron chi connectivity index (χ2n) is 4.41. The summed E-state index contributed by atoms with van der Waals surface area (Å²) in [5.41, 5.74) is 3.66. The van der Waals surface area contributed by atoms with Gasteiger partial charge in [-0.15, -0.1) is 0 Å². The van der Waals surface area contributed by atoms with Crippen LogP contribution in [-0.4, -0.2) is 25.6 Å². The molecule has 0 N–H and O–H groups in total. The molecule has 0 aliphatic rings. The van der Waals surface area contributed by atoms with Gasteiger partial charge in [-0.05, 0) is 38.1 Å². The Morgan fingerprint density at radius 3 is 2.65 bits per heavy atom. The highest BCUT2D eigenvalue weighted by Gasteiger charge is 2.10. The Kier molecular flexibility index (Phi) is 4.99. The Hall–Kier alpha value is -1.53. The number of hydrogen-bond acceptors (Lipinski definition) is 3. The first-order valence-corrected chi connectivity index (χ1v) is 5.78. The van der Waals surface area contributed by atoms with E-state index in [1.807, 2.05) is 7.05 Å². The SMILES string of the molecule is COc1cc(C)cc(C)c1CN(C)CCC#N. The molecular weight excluding hydrogens is 212 g/mol. The second kappa shape index (κ2) is 6.27. The summed E-state index contributed by atoms with van der Waals surface area (Å²) in [7, 11) is 3.73. The van der Waals surface area contributed by atoms with E-state index in [0.29, 0.717) is 6.42 Å². The van der Waals surface area contributed by atoms with Crippen molar-refractivity contribution in [2.75, 3.05) is 20.7 Å². The van der Waals surface area contributed by atoms with Crippen LogP contribution in [0, 0.1) is 25.2 Å². The first-order chi connectivity index (χ1) is 8.08. The summed E-state index contributed by atoms with van der Waals surface area (Å²) < 4.78 is 5.42. The lowest BCUT2D eigenvalue weighted by atomic mass is 10.0. The minimum atomic E-state index is 0.559. The molecule has 1 aromatic carbocycles. The molecule has 3 nitrogen and oxygen atoms in total. The van der Waals surface area contributed by atoms with Gasteiger partial charge in [0.15, 0.2) is 0 Å². The van der Waals surface area contributed by atoms with E-state index in [-0.39, 0.29) is 0 Å². The maximum atomic E-state index is 8.57. The zero-order valence-electron chi connectivity index (χ0n) is 11.1. The van der Waals surface area contributed by atoms with E-state index >= 15 is 0 Å². The number of nitriles is 1. The van der Waals surface area contributed by atoms with Gasteiger partial charge in [0, 0.05) is 25.1 Å². The van der Waals surface area contributed by atoms with E-state index in [4.69, 9.17) is 10.00 Å². The molecule has 3 heteroatoms. The van der Waals surface area contributed by atoms with Crippen LogP contribution in [0.1, 0.15) is 23.1 Å². The summed E-state index contributed by atoms with van der Waals surface area (Å²) >= 11 is 0. The van der Waals surface area contributed by atoms with Gasteiger partial charge in [0.05, 0.1) is 13.2 Å². The normalized spacial score (nSPS) is 10.4. The highest BCUT2D eigenvalue weighted by Crippen LogP contribution is 2.25. The van der Waals surface area contributed by atoms with Gasteiger partial charge in [0.25, 0.3) is 0 Å². The lowest BCUT2D eigenvalue weighted by Gasteiger charge is -2.19. The van der Waals surface area contributed by atoms with Crippen molar-refractivity contribution < 1.29 is 4.74 Å². The molecule has 0 bridgehead atoms. The van der Waals surface area contributed by atoms with Gasteiger partial charge in [0.1, 0.15) is 5.75 Å². The summed E-state index contributed by atoms with van der Waals surface area (Å²) in [5.74, 6) is 0.936. The zero-order chi connectivity index (χ0) is 12.8. The van der Waals surface area contributed by atoms with Crippen LogP contribution < -0.4 is 4.74 Å². The third-order valence-corrected chi connectivity index (χ3v) is 2.83. The second-order valence-corrected chi connectivity index (χ2v) is 4.41. The van der Waals surface area contributed by atoms with Crippen LogP contribution in [0.3, 0.4) is 0 Å². The highest BCUT2D eigenvalue weighted by molar-refractivity contribution is 5.42. The van der Waals surface area contributed by atoms with Crippen molar-refractivity contribution in [3.05, 3.63) is 28.8 Å². The van der Waals surface area contributed by atoms with Gasteiger partial charge in [0.2, 0.25) is 0 Å². The maximum Gasteiger partial charge on any atom is 0.123 e. The van der Waals surface area contributed by atoms with Gasteiger partial charge < -0.3 is 9.64 Å². The van der Waals surface area contributed by atoms with E-state index in [9.17, 15) is 0 Å². The molecule has 0 aliphatic carbocycles. The molecule has 0 fully saturated rings. The Balaban J connectivity index is 2.86.